The number of halogens is 1. The van der Waals surface area contributed by atoms with Crippen molar-refractivity contribution in [1.82, 2.24) is 24.6 Å². The van der Waals surface area contributed by atoms with E-state index >= 15 is 0 Å². The Morgan fingerprint density at radius 1 is 1.00 bits per heavy atom. The molecule has 33 heavy (non-hydrogen) atoms. The van der Waals surface area contributed by atoms with Crippen LogP contribution in [0.2, 0.25) is 0 Å². The third kappa shape index (κ3) is 4.42. The summed E-state index contributed by atoms with van der Waals surface area (Å²) in [4.78, 5) is 13.6. The largest absolute Gasteiger partial charge is 0.354 e. The van der Waals surface area contributed by atoms with Crippen LogP contribution in [0.25, 0.3) is 27.6 Å². The third-order valence-electron chi connectivity index (χ3n) is 6.02. The number of nitrogens with one attached hydrogen (secondary N) is 1. The summed E-state index contributed by atoms with van der Waals surface area (Å²) >= 11 is 0. The van der Waals surface area contributed by atoms with Crippen molar-refractivity contribution in [3.05, 3.63) is 73.1 Å². The summed E-state index contributed by atoms with van der Waals surface area (Å²) in [6.45, 7) is 8.15. The van der Waals surface area contributed by atoms with Crippen LogP contribution in [0.4, 0.5) is 16.0 Å². The summed E-state index contributed by atoms with van der Waals surface area (Å²) in [5.41, 5.74) is 2.93. The van der Waals surface area contributed by atoms with Crippen LogP contribution in [0, 0.1) is 5.82 Å². The molecule has 0 amide bonds. The van der Waals surface area contributed by atoms with E-state index in [1.165, 1.54) is 6.07 Å². The zero-order chi connectivity index (χ0) is 22.9. The number of pyridine rings is 2. The first-order valence-corrected chi connectivity index (χ1v) is 10.9. The number of hydrogen-bond donors (Lipinski definition) is 1. The van der Waals surface area contributed by atoms with Crippen LogP contribution in [-0.2, 0) is 7.05 Å². The van der Waals surface area contributed by atoms with Crippen molar-refractivity contribution in [3.8, 4) is 11.1 Å². The zero-order valence-corrected chi connectivity index (χ0v) is 18.8. The quantitative estimate of drug-likeness (QED) is 0.503. The number of rotatable bonds is 5. The molecule has 7 nitrogen and oxygen atoms in total. The number of aryl methyl sites for hydroxylation is 1. The van der Waals surface area contributed by atoms with Gasteiger partial charge in [0.2, 0.25) is 0 Å². The number of piperazine rings is 1. The van der Waals surface area contributed by atoms with Crippen LogP contribution in [0.15, 0.2) is 61.7 Å². The molecule has 0 atom stereocenters. The second-order valence-corrected chi connectivity index (χ2v) is 8.45. The molecular formula is C25H26FN7. The molecule has 0 saturated carbocycles. The maximum Gasteiger partial charge on any atom is 0.131 e. The van der Waals surface area contributed by atoms with E-state index < -0.39 is 0 Å². The molecule has 5 rings (SSSR count). The first-order valence-electron chi connectivity index (χ1n) is 10.9. The summed E-state index contributed by atoms with van der Waals surface area (Å²) < 4.78 is 16.3. The summed E-state index contributed by atoms with van der Waals surface area (Å²) in [7, 11) is 3.95. The molecule has 168 valence electrons. The van der Waals surface area contributed by atoms with Crippen LogP contribution in [0.3, 0.4) is 0 Å². The second-order valence-electron chi connectivity index (χ2n) is 8.45. The lowest BCUT2D eigenvalue weighted by Gasteiger charge is -2.33. The molecule has 1 saturated heterocycles. The van der Waals surface area contributed by atoms with Crippen molar-refractivity contribution >= 4 is 28.1 Å². The van der Waals surface area contributed by atoms with E-state index in [1.54, 1.807) is 23.3 Å². The Labute approximate surface area is 192 Å². The standard InChI is InChI=1S/C25H26FN7/c1-17(18-4-5-27-25(13-18)33-8-6-31(2)7-9-33)30-24-12-19-10-22(21-15-29-32(3)16-21)23(26)11-20(19)14-28-24/h4-5,10-16H,1,6-9H2,2-3H3,(H,28,30). The molecule has 4 aromatic rings. The minimum Gasteiger partial charge on any atom is -0.354 e. The molecule has 4 heterocycles. The number of fused-ring (bicyclic) bond motifs is 1. The number of likely N-dealkylation sites (N-methyl/N-ethyl adjacent to an activating group) is 1. The Hall–Kier alpha value is -3.78. The van der Waals surface area contributed by atoms with E-state index in [9.17, 15) is 4.39 Å². The molecule has 0 unspecified atom stereocenters. The fraction of sp³-hybridized carbons (Fsp3) is 0.240. The highest BCUT2D eigenvalue weighted by atomic mass is 19.1. The highest BCUT2D eigenvalue weighted by Gasteiger charge is 2.16. The van der Waals surface area contributed by atoms with Gasteiger partial charge in [0.1, 0.15) is 17.5 Å². The monoisotopic (exact) mass is 443 g/mol. The molecule has 3 aromatic heterocycles. The predicted octanol–water partition coefficient (Wildman–Crippen LogP) is 4.00. The molecule has 1 aromatic carbocycles. The average molecular weight is 444 g/mol. The Kier molecular flexibility index (Phi) is 5.51. The van der Waals surface area contributed by atoms with E-state index in [-0.39, 0.29) is 5.82 Å². The van der Waals surface area contributed by atoms with Crippen molar-refractivity contribution in [3.63, 3.8) is 0 Å². The van der Waals surface area contributed by atoms with Crippen molar-refractivity contribution in [2.75, 3.05) is 43.4 Å². The molecule has 0 aliphatic carbocycles. The van der Waals surface area contributed by atoms with Gasteiger partial charge in [-0.15, -0.1) is 0 Å². The number of benzene rings is 1. The van der Waals surface area contributed by atoms with E-state index in [4.69, 9.17) is 0 Å². The van der Waals surface area contributed by atoms with Gasteiger partial charge in [0.25, 0.3) is 0 Å². The normalized spacial score (nSPS) is 14.6. The molecule has 1 aliphatic rings. The molecular weight excluding hydrogens is 417 g/mol. The van der Waals surface area contributed by atoms with Gasteiger partial charge in [-0.05, 0) is 42.8 Å². The summed E-state index contributed by atoms with van der Waals surface area (Å²) in [5.74, 6) is 1.30. The van der Waals surface area contributed by atoms with Crippen molar-refractivity contribution in [2.24, 2.45) is 7.05 Å². The minimum atomic E-state index is -0.296. The van der Waals surface area contributed by atoms with Crippen molar-refractivity contribution < 1.29 is 4.39 Å². The fourth-order valence-electron chi connectivity index (χ4n) is 4.06. The van der Waals surface area contributed by atoms with Gasteiger partial charge in [0.05, 0.1) is 6.20 Å². The Morgan fingerprint density at radius 2 is 1.82 bits per heavy atom. The molecule has 0 spiro atoms. The number of anilines is 2. The Balaban J connectivity index is 1.38. The lowest BCUT2D eigenvalue weighted by atomic mass is 10.0. The molecule has 1 aliphatic heterocycles. The van der Waals surface area contributed by atoms with Gasteiger partial charge in [0.15, 0.2) is 0 Å². The summed E-state index contributed by atoms with van der Waals surface area (Å²) in [5, 5.41) is 9.06. The maximum absolute atomic E-state index is 14.7. The smallest absolute Gasteiger partial charge is 0.131 e. The summed E-state index contributed by atoms with van der Waals surface area (Å²) in [6.07, 6.45) is 6.94. The van der Waals surface area contributed by atoms with E-state index in [0.717, 1.165) is 59.6 Å². The van der Waals surface area contributed by atoms with Crippen LogP contribution in [0.1, 0.15) is 5.56 Å². The Bertz CT molecular complexity index is 1320. The van der Waals surface area contributed by atoms with Crippen LogP contribution in [-0.4, -0.2) is 57.9 Å². The van der Waals surface area contributed by atoms with Crippen molar-refractivity contribution in [2.45, 2.75) is 0 Å². The lowest BCUT2D eigenvalue weighted by molar-refractivity contribution is 0.312. The Morgan fingerprint density at radius 3 is 2.58 bits per heavy atom. The predicted molar refractivity (Wildman–Crippen MR) is 131 cm³/mol. The molecule has 0 radical (unpaired) electrons. The highest BCUT2D eigenvalue weighted by molar-refractivity contribution is 5.89. The number of nitrogens with zero attached hydrogens (tertiary/aromatic N) is 6. The highest BCUT2D eigenvalue weighted by Crippen LogP contribution is 2.29. The average Bonchev–Trinajstić information content (AvgIpc) is 3.25. The second kappa shape index (κ2) is 8.63. The fourth-order valence-corrected chi connectivity index (χ4v) is 4.06. The maximum atomic E-state index is 14.7. The van der Waals surface area contributed by atoms with Gasteiger partial charge in [-0.1, -0.05) is 6.58 Å². The first kappa shape index (κ1) is 21.1. The van der Waals surface area contributed by atoms with E-state index in [0.29, 0.717) is 11.4 Å². The lowest BCUT2D eigenvalue weighted by Crippen LogP contribution is -2.44. The van der Waals surface area contributed by atoms with Gasteiger partial charge in [0, 0.05) is 79.6 Å². The van der Waals surface area contributed by atoms with Gasteiger partial charge < -0.3 is 15.1 Å². The molecule has 8 heteroatoms. The SMILES string of the molecule is C=C(Nc1cc2cc(-c3cnn(C)c3)c(F)cc2cn1)c1ccnc(N2CCN(C)CC2)c1. The number of hydrogen-bond acceptors (Lipinski definition) is 6. The zero-order valence-electron chi connectivity index (χ0n) is 18.8. The molecule has 1 N–H and O–H groups in total. The van der Waals surface area contributed by atoms with E-state index in [2.05, 4.69) is 49.9 Å². The topological polar surface area (TPSA) is 62.1 Å². The van der Waals surface area contributed by atoms with E-state index in [1.807, 2.05) is 31.4 Å². The first-order chi connectivity index (χ1) is 16.0. The minimum absolute atomic E-state index is 0.296. The van der Waals surface area contributed by atoms with Gasteiger partial charge in [-0.3, -0.25) is 4.68 Å². The van der Waals surface area contributed by atoms with Gasteiger partial charge in [-0.25, -0.2) is 14.4 Å². The molecule has 0 bridgehead atoms. The van der Waals surface area contributed by atoms with Crippen LogP contribution >= 0.6 is 0 Å². The van der Waals surface area contributed by atoms with Crippen molar-refractivity contribution in [1.29, 1.82) is 0 Å². The van der Waals surface area contributed by atoms with Crippen LogP contribution < -0.4 is 10.2 Å². The van der Waals surface area contributed by atoms with Crippen LogP contribution in [0.5, 0.6) is 0 Å². The third-order valence-corrected chi connectivity index (χ3v) is 6.02. The summed E-state index contributed by atoms with van der Waals surface area (Å²) in [6, 6.07) is 9.23. The van der Waals surface area contributed by atoms with Gasteiger partial charge in [-0.2, -0.15) is 5.10 Å². The number of aromatic nitrogens is 4. The van der Waals surface area contributed by atoms with Gasteiger partial charge >= 0.3 is 0 Å². The molecule has 1 fully saturated rings.